The van der Waals surface area contributed by atoms with Gasteiger partial charge in [0.25, 0.3) is 0 Å². The molecule has 0 rings (SSSR count). The number of rotatable bonds is 20. The molecule has 1 unspecified atom stereocenters. The topological polar surface area (TPSA) is 26.3 Å². The molecule has 1 atom stereocenters. The van der Waals surface area contributed by atoms with Crippen molar-refractivity contribution in [3.8, 4) is 0 Å². The summed E-state index contributed by atoms with van der Waals surface area (Å²) in [4.78, 5) is 11.9. The second-order valence-corrected chi connectivity index (χ2v) is 8.12. The highest BCUT2D eigenvalue weighted by Gasteiger charge is 2.12. The van der Waals surface area contributed by atoms with Crippen molar-refractivity contribution < 1.29 is 9.53 Å². The van der Waals surface area contributed by atoms with E-state index in [2.05, 4.69) is 20.8 Å². The first-order valence-corrected chi connectivity index (χ1v) is 11.9. The van der Waals surface area contributed by atoms with E-state index in [0.717, 1.165) is 19.3 Å². The van der Waals surface area contributed by atoms with Crippen LogP contribution in [0, 0.1) is 5.92 Å². The van der Waals surface area contributed by atoms with Gasteiger partial charge in [-0.1, -0.05) is 111 Å². The van der Waals surface area contributed by atoms with Crippen LogP contribution in [0.2, 0.25) is 0 Å². The largest absolute Gasteiger partial charge is 0.465 e. The minimum absolute atomic E-state index is 0.0222. The molecule has 0 aromatic rings. The first-order chi connectivity index (χ1) is 12.7. The summed E-state index contributed by atoms with van der Waals surface area (Å²) in [6.07, 6.45) is 22.5. The lowest BCUT2D eigenvalue weighted by molar-refractivity contribution is -0.145. The fourth-order valence-corrected chi connectivity index (χ4v) is 3.54. The normalized spacial score (nSPS) is 12.3. The number of carbonyl (C=O) groups is 1. The summed E-state index contributed by atoms with van der Waals surface area (Å²) in [5.41, 5.74) is 0. The molecule has 0 aromatic carbocycles. The highest BCUT2D eigenvalue weighted by atomic mass is 16.5. The number of ether oxygens (including phenoxy) is 1. The summed E-state index contributed by atoms with van der Waals surface area (Å²) in [5, 5.41) is 0. The van der Waals surface area contributed by atoms with Gasteiger partial charge in [0.15, 0.2) is 0 Å². The minimum Gasteiger partial charge on any atom is -0.465 e. The van der Waals surface area contributed by atoms with Gasteiger partial charge < -0.3 is 4.74 Å². The lowest BCUT2D eigenvalue weighted by atomic mass is 9.95. The third-order valence-corrected chi connectivity index (χ3v) is 5.40. The van der Waals surface area contributed by atoms with E-state index in [4.69, 9.17) is 4.74 Å². The number of unbranched alkanes of at least 4 members (excludes halogenated alkanes) is 12. The Morgan fingerprint density at radius 2 is 1.04 bits per heavy atom. The number of carbonyl (C=O) groups excluding carboxylic acids is 1. The number of hydrogen-bond donors (Lipinski definition) is 0. The Bertz CT molecular complexity index is 288. The van der Waals surface area contributed by atoms with Crippen molar-refractivity contribution >= 4 is 5.97 Å². The van der Waals surface area contributed by atoms with Crippen LogP contribution in [-0.2, 0) is 9.53 Å². The molecule has 0 heterocycles. The summed E-state index contributed by atoms with van der Waals surface area (Å²) in [5.74, 6) is 0.608. The molecule has 0 aliphatic rings. The Labute approximate surface area is 164 Å². The van der Waals surface area contributed by atoms with Crippen LogP contribution in [0.15, 0.2) is 0 Å². The molecule has 0 saturated carbocycles. The van der Waals surface area contributed by atoms with Crippen LogP contribution >= 0.6 is 0 Å². The Morgan fingerprint density at radius 3 is 1.54 bits per heavy atom. The van der Waals surface area contributed by atoms with Crippen LogP contribution in [-0.4, -0.2) is 12.6 Å². The van der Waals surface area contributed by atoms with Crippen LogP contribution in [0.4, 0.5) is 0 Å². The molecule has 0 spiro atoms. The highest BCUT2D eigenvalue weighted by molar-refractivity contribution is 5.69. The molecule has 0 saturated heterocycles. The Hall–Kier alpha value is -0.530. The van der Waals surface area contributed by atoms with E-state index < -0.39 is 0 Å². The fraction of sp³-hybridized carbons (Fsp3) is 0.958. The van der Waals surface area contributed by atoms with Gasteiger partial charge in [-0.15, -0.1) is 0 Å². The Balaban J connectivity index is 3.94. The van der Waals surface area contributed by atoms with Crippen LogP contribution in [0.25, 0.3) is 0 Å². The van der Waals surface area contributed by atoms with Gasteiger partial charge in [0.2, 0.25) is 0 Å². The van der Waals surface area contributed by atoms with E-state index in [1.165, 1.54) is 89.9 Å². The van der Waals surface area contributed by atoms with Crippen molar-refractivity contribution in [2.75, 3.05) is 6.61 Å². The van der Waals surface area contributed by atoms with Crippen molar-refractivity contribution in [3.63, 3.8) is 0 Å². The van der Waals surface area contributed by atoms with Gasteiger partial charge in [-0.2, -0.15) is 0 Å². The summed E-state index contributed by atoms with van der Waals surface area (Å²) < 4.78 is 5.60. The van der Waals surface area contributed by atoms with Crippen LogP contribution in [0.5, 0.6) is 0 Å². The maximum absolute atomic E-state index is 11.9. The molecule has 0 aliphatic carbocycles. The molecular formula is C24H48O2. The predicted octanol–water partition coefficient (Wildman–Crippen LogP) is 8.23. The van der Waals surface area contributed by atoms with Crippen molar-refractivity contribution in [1.29, 1.82) is 0 Å². The lowest BCUT2D eigenvalue weighted by Gasteiger charge is -2.17. The van der Waals surface area contributed by atoms with Crippen molar-refractivity contribution in [2.24, 2.45) is 5.92 Å². The van der Waals surface area contributed by atoms with Crippen molar-refractivity contribution in [1.82, 2.24) is 0 Å². The molecule has 26 heavy (non-hydrogen) atoms. The fourth-order valence-electron chi connectivity index (χ4n) is 3.54. The van der Waals surface area contributed by atoms with Gasteiger partial charge in [0, 0.05) is 6.42 Å². The van der Waals surface area contributed by atoms with E-state index in [1.54, 1.807) is 0 Å². The Morgan fingerprint density at radius 1 is 0.615 bits per heavy atom. The molecule has 0 fully saturated rings. The average Bonchev–Trinajstić information content (AvgIpc) is 2.64. The van der Waals surface area contributed by atoms with Crippen LogP contribution in [0.1, 0.15) is 136 Å². The molecule has 0 aliphatic heterocycles. The first-order valence-electron chi connectivity index (χ1n) is 11.9. The zero-order valence-corrected chi connectivity index (χ0v) is 18.3. The summed E-state index contributed by atoms with van der Waals surface area (Å²) >= 11 is 0. The molecule has 156 valence electrons. The van der Waals surface area contributed by atoms with Gasteiger partial charge in [-0.05, 0) is 25.2 Å². The molecule has 0 N–H and O–H groups in total. The maximum Gasteiger partial charge on any atom is 0.305 e. The predicted molar refractivity (Wildman–Crippen MR) is 115 cm³/mol. The van der Waals surface area contributed by atoms with Crippen LogP contribution in [0.3, 0.4) is 0 Å². The molecule has 2 nitrogen and oxygen atoms in total. The monoisotopic (exact) mass is 368 g/mol. The minimum atomic E-state index is 0.0222. The van der Waals surface area contributed by atoms with Gasteiger partial charge in [-0.25, -0.2) is 0 Å². The van der Waals surface area contributed by atoms with E-state index in [1.807, 2.05) is 0 Å². The third kappa shape index (κ3) is 18.3. The summed E-state index contributed by atoms with van der Waals surface area (Å²) in [6.45, 7) is 7.37. The SMILES string of the molecule is CCCCCCCCCC(CCCCCCC)COC(=O)CCCCC. The van der Waals surface area contributed by atoms with Crippen molar-refractivity contribution in [3.05, 3.63) is 0 Å². The average molecular weight is 369 g/mol. The summed E-state index contributed by atoms with van der Waals surface area (Å²) in [7, 11) is 0. The number of hydrogen-bond acceptors (Lipinski definition) is 2. The standard InChI is InChI=1S/C24H48O2/c1-4-7-10-12-13-15-18-20-23(19-17-14-11-8-5-2)22-26-24(25)21-16-9-6-3/h23H,4-22H2,1-3H3. The van der Waals surface area contributed by atoms with E-state index in [-0.39, 0.29) is 5.97 Å². The quantitative estimate of drug-likeness (QED) is 0.160. The van der Waals surface area contributed by atoms with Gasteiger partial charge in [0.1, 0.15) is 0 Å². The maximum atomic E-state index is 11.9. The molecule has 0 aromatic heterocycles. The molecule has 0 bridgehead atoms. The third-order valence-electron chi connectivity index (χ3n) is 5.40. The van der Waals surface area contributed by atoms with Gasteiger partial charge in [0.05, 0.1) is 6.61 Å². The van der Waals surface area contributed by atoms with Crippen LogP contribution < -0.4 is 0 Å². The van der Waals surface area contributed by atoms with E-state index in [9.17, 15) is 4.79 Å². The highest BCUT2D eigenvalue weighted by Crippen LogP contribution is 2.20. The molecule has 0 amide bonds. The Kier molecular flexibility index (Phi) is 20.4. The summed E-state index contributed by atoms with van der Waals surface area (Å²) in [6, 6.07) is 0. The second kappa shape index (κ2) is 20.8. The van der Waals surface area contributed by atoms with E-state index >= 15 is 0 Å². The smallest absolute Gasteiger partial charge is 0.305 e. The van der Waals surface area contributed by atoms with Crippen molar-refractivity contribution in [2.45, 2.75) is 136 Å². The first kappa shape index (κ1) is 25.5. The van der Waals surface area contributed by atoms with E-state index in [0.29, 0.717) is 18.9 Å². The lowest BCUT2D eigenvalue weighted by Crippen LogP contribution is -2.14. The molecule has 2 heteroatoms. The van der Waals surface area contributed by atoms with Gasteiger partial charge in [-0.3, -0.25) is 4.79 Å². The molecule has 0 radical (unpaired) electrons. The second-order valence-electron chi connectivity index (χ2n) is 8.12. The number of esters is 1. The zero-order chi connectivity index (χ0) is 19.3. The van der Waals surface area contributed by atoms with Gasteiger partial charge >= 0.3 is 5.97 Å². The molecular weight excluding hydrogens is 320 g/mol. The zero-order valence-electron chi connectivity index (χ0n) is 18.3.